The molecule has 194 valence electrons. The van der Waals surface area contributed by atoms with Crippen LogP contribution < -0.4 is 4.90 Å². The van der Waals surface area contributed by atoms with Gasteiger partial charge in [-0.15, -0.1) is 0 Å². The van der Waals surface area contributed by atoms with Gasteiger partial charge in [0.2, 0.25) is 0 Å². The second-order valence-corrected chi connectivity index (χ2v) is 9.28. The number of aromatic nitrogens is 3. The van der Waals surface area contributed by atoms with E-state index in [1.165, 1.54) is 30.5 Å². The number of hydrogen-bond acceptors (Lipinski definition) is 5. The fourth-order valence-corrected chi connectivity index (χ4v) is 4.59. The molecule has 0 spiro atoms. The first-order valence-corrected chi connectivity index (χ1v) is 11.7. The highest BCUT2D eigenvalue weighted by atomic mass is 19.4. The number of imidazole rings is 1. The number of benzene rings is 2. The highest BCUT2D eigenvalue weighted by molar-refractivity contribution is 6.10. The number of fused-ring (bicyclic) bond motifs is 1. The standard InChI is InChI=1S/C26H25F4N5O2/c1-34(2)13-17-14-35(7-8-37-17)16-10-20(27)23-21(11-16)32-25(33-23)22-9-15(12-31-22)24(36)18-5-3-4-6-19(18)26(28,29)30/h3-6,9-12,17,31H,7-8,13-14H2,1-2H3,(H,32,33)/t17-/m1/s1. The van der Waals surface area contributed by atoms with Crippen molar-refractivity contribution in [2.45, 2.75) is 12.3 Å². The van der Waals surface area contributed by atoms with Gasteiger partial charge in [-0.3, -0.25) is 4.79 Å². The summed E-state index contributed by atoms with van der Waals surface area (Å²) in [5, 5.41) is 0. The molecule has 11 heteroatoms. The fraction of sp³-hybridized carbons (Fsp3) is 0.308. The molecule has 0 saturated carbocycles. The first kappa shape index (κ1) is 25.0. The van der Waals surface area contributed by atoms with Crippen LogP contribution in [0.15, 0.2) is 48.7 Å². The van der Waals surface area contributed by atoms with Gasteiger partial charge < -0.3 is 24.5 Å². The molecule has 2 aromatic carbocycles. The number of aromatic amines is 2. The molecule has 0 radical (unpaired) electrons. The zero-order valence-corrected chi connectivity index (χ0v) is 20.2. The first-order valence-electron chi connectivity index (χ1n) is 11.7. The number of rotatable bonds is 6. The molecule has 3 heterocycles. The van der Waals surface area contributed by atoms with E-state index in [4.69, 9.17) is 4.74 Å². The summed E-state index contributed by atoms with van der Waals surface area (Å²) in [6, 6.07) is 9.28. The summed E-state index contributed by atoms with van der Waals surface area (Å²) in [6.45, 7) is 2.52. The maximum absolute atomic E-state index is 15.0. The van der Waals surface area contributed by atoms with E-state index >= 15 is 4.39 Å². The third kappa shape index (κ3) is 5.09. The summed E-state index contributed by atoms with van der Waals surface area (Å²) in [4.78, 5) is 27.2. The molecule has 1 fully saturated rings. The molecule has 2 N–H and O–H groups in total. The van der Waals surface area contributed by atoms with Gasteiger partial charge in [0, 0.05) is 42.6 Å². The molecule has 0 amide bonds. The molecule has 0 aliphatic carbocycles. The number of nitrogens with one attached hydrogen (secondary N) is 2. The van der Waals surface area contributed by atoms with Gasteiger partial charge in [-0.05, 0) is 38.4 Å². The van der Waals surface area contributed by atoms with Crippen LogP contribution >= 0.6 is 0 Å². The summed E-state index contributed by atoms with van der Waals surface area (Å²) in [7, 11) is 3.93. The number of carbonyl (C=O) groups excluding carboxylic acids is 1. The van der Waals surface area contributed by atoms with Crippen molar-refractivity contribution in [3.05, 3.63) is 71.2 Å². The second-order valence-electron chi connectivity index (χ2n) is 9.28. The van der Waals surface area contributed by atoms with Crippen LogP contribution in [0.4, 0.5) is 23.2 Å². The Labute approximate surface area is 210 Å². The molecule has 0 bridgehead atoms. The number of ketones is 1. The van der Waals surface area contributed by atoms with Crippen molar-refractivity contribution < 1.29 is 27.1 Å². The zero-order valence-electron chi connectivity index (χ0n) is 20.2. The molecule has 1 aliphatic rings. The highest BCUT2D eigenvalue weighted by Crippen LogP contribution is 2.33. The zero-order chi connectivity index (χ0) is 26.3. The van der Waals surface area contributed by atoms with Gasteiger partial charge in [0.15, 0.2) is 17.4 Å². The summed E-state index contributed by atoms with van der Waals surface area (Å²) >= 11 is 0. The van der Waals surface area contributed by atoms with Crippen molar-refractivity contribution in [2.24, 2.45) is 0 Å². The number of alkyl halides is 3. The molecule has 37 heavy (non-hydrogen) atoms. The summed E-state index contributed by atoms with van der Waals surface area (Å²) < 4.78 is 61.0. The van der Waals surface area contributed by atoms with Crippen molar-refractivity contribution >= 4 is 22.5 Å². The Hall–Kier alpha value is -3.70. The predicted octanol–water partition coefficient (Wildman–Crippen LogP) is 4.71. The third-order valence-corrected chi connectivity index (χ3v) is 6.27. The van der Waals surface area contributed by atoms with Gasteiger partial charge in [-0.1, -0.05) is 18.2 Å². The number of morpholine rings is 1. The number of nitrogens with zero attached hydrogens (tertiary/aromatic N) is 3. The Morgan fingerprint density at radius 3 is 2.76 bits per heavy atom. The van der Waals surface area contributed by atoms with E-state index in [1.807, 2.05) is 25.1 Å². The second kappa shape index (κ2) is 9.64. The number of hydrogen-bond donors (Lipinski definition) is 2. The quantitative estimate of drug-likeness (QED) is 0.287. The van der Waals surface area contributed by atoms with Crippen LogP contribution in [0, 0.1) is 5.82 Å². The average Bonchev–Trinajstić information content (AvgIpc) is 3.50. The van der Waals surface area contributed by atoms with Gasteiger partial charge in [0.05, 0.1) is 29.5 Å². The lowest BCUT2D eigenvalue weighted by molar-refractivity contribution is -0.137. The van der Waals surface area contributed by atoms with Crippen molar-refractivity contribution in [3.8, 4) is 11.5 Å². The van der Waals surface area contributed by atoms with Gasteiger partial charge >= 0.3 is 6.18 Å². The Balaban J connectivity index is 1.42. The Bertz CT molecular complexity index is 1440. The summed E-state index contributed by atoms with van der Waals surface area (Å²) in [5.74, 6) is -1.02. The topological polar surface area (TPSA) is 77.2 Å². The Morgan fingerprint density at radius 2 is 2.00 bits per heavy atom. The minimum Gasteiger partial charge on any atom is -0.373 e. The average molecular weight is 516 g/mol. The van der Waals surface area contributed by atoms with E-state index < -0.39 is 28.9 Å². The number of likely N-dealkylation sites (N-methyl/N-ethyl adjacent to an activating group) is 1. The SMILES string of the molecule is CN(C)C[C@@H]1CN(c2cc(F)c3nc(-c4cc(C(=O)c5ccccc5C(F)(F)F)c[nH]4)[nH]c3c2)CCO1. The number of H-pyrrole nitrogens is 2. The lowest BCUT2D eigenvalue weighted by Gasteiger charge is -2.35. The molecular formula is C26H25F4N5O2. The molecule has 1 saturated heterocycles. The van der Waals surface area contributed by atoms with Crippen LogP contribution in [0.25, 0.3) is 22.6 Å². The molecular weight excluding hydrogens is 490 g/mol. The Morgan fingerprint density at radius 1 is 1.22 bits per heavy atom. The molecule has 1 aliphatic heterocycles. The van der Waals surface area contributed by atoms with E-state index in [0.29, 0.717) is 36.6 Å². The molecule has 0 unspecified atom stereocenters. The summed E-state index contributed by atoms with van der Waals surface area (Å²) in [5.41, 5.74) is 0.220. The van der Waals surface area contributed by atoms with E-state index in [0.717, 1.165) is 18.7 Å². The monoisotopic (exact) mass is 515 g/mol. The fourth-order valence-electron chi connectivity index (χ4n) is 4.59. The van der Waals surface area contributed by atoms with Crippen LogP contribution in [0.1, 0.15) is 21.5 Å². The van der Waals surface area contributed by atoms with Gasteiger partial charge in [-0.2, -0.15) is 13.2 Å². The molecule has 1 atom stereocenters. The number of halogens is 4. The molecule has 4 aromatic rings. The van der Waals surface area contributed by atoms with Crippen molar-refractivity contribution in [2.75, 3.05) is 45.2 Å². The Kier molecular flexibility index (Phi) is 6.50. The predicted molar refractivity (Wildman–Crippen MR) is 131 cm³/mol. The van der Waals surface area contributed by atoms with E-state index in [9.17, 15) is 18.0 Å². The smallest absolute Gasteiger partial charge is 0.373 e. The van der Waals surface area contributed by atoms with Gasteiger partial charge in [-0.25, -0.2) is 9.37 Å². The molecule has 2 aromatic heterocycles. The molecule has 7 nitrogen and oxygen atoms in total. The number of anilines is 1. The maximum atomic E-state index is 15.0. The van der Waals surface area contributed by atoms with E-state index in [1.54, 1.807) is 0 Å². The van der Waals surface area contributed by atoms with Crippen LogP contribution in [0.2, 0.25) is 0 Å². The lowest BCUT2D eigenvalue weighted by Crippen LogP contribution is -2.46. The largest absolute Gasteiger partial charge is 0.417 e. The number of carbonyl (C=O) groups is 1. The van der Waals surface area contributed by atoms with E-state index in [-0.39, 0.29) is 23.0 Å². The van der Waals surface area contributed by atoms with Crippen LogP contribution in [0.3, 0.4) is 0 Å². The van der Waals surface area contributed by atoms with Crippen molar-refractivity contribution in [1.29, 1.82) is 0 Å². The van der Waals surface area contributed by atoms with Gasteiger partial charge in [0.25, 0.3) is 0 Å². The normalized spacial score (nSPS) is 16.6. The van der Waals surface area contributed by atoms with Crippen molar-refractivity contribution in [3.63, 3.8) is 0 Å². The third-order valence-electron chi connectivity index (χ3n) is 6.27. The van der Waals surface area contributed by atoms with Crippen LogP contribution in [-0.2, 0) is 10.9 Å². The minimum atomic E-state index is -4.66. The lowest BCUT2D eigenvalue weighted by atomic mass is 9.99. The summed E-state index contributed by atoms with van der Waals surface area (Å²) in [6.07, 6.45) is -3.35. The van der Waals surface area contributed by atoms with E-state index in [2.05, 4.69) is 19.9 Å². The minimum absolute atomic E-state index is 0.00260. The number of ether oxygens (including phenoxy) is 1. The van der Waals surface area contributed by atoms with Crippen molar-refractivity contribution in [1.82, 2.24) is 19.9 Å². The first-order chi connectivity index (χ1) is 17.6. The maximum Gasteiger partial charge on any atom is 0.417 e. The highest BCUT2D eigenvalue weighted by Gasteiger charge is 2.35. The van der Waals surface area contributed by atoms with Gasteiger partial charge in [0.1, 0.15) is 5.52 Å². The molecule has 5 rings (SSSR count). The van der Waals surface area contributed by atoms with Crippen LogP contribution in [-0.4, -0.2) is 72.1 Å². The van der Waals surface area contributed by atoms with Crippen LogP contribution in [0.5, 0.6) is 0 Å².